The van der Waals surface area contributed by atoms with Crippen molar-refractivity contribution in [2.24, 2.45) is 45.3 Å². The first-order valence-corrected chi connectivity index (χ1v) is 17.4. The van der Waals surface area contributed by atoms with Crippen LogP contribution >= 0.6 is 0 Å². The molecule has 0 bridgehead atoms. The van der Waals surface area contributed by atoms with Crippen LogP contribution in [0.15, 0.2) is 11.6 Å². The van der Waals surface area contributed by atoms with Gasteiger partial charge in [0.25, 0.3) is 0 Å². The van der Waals surface area contributed by atoms with Gasteiger partial charge >= 0.3 is 0 Å². The Labute approximate surface area is 270 Å². The molecule has 5 aliphatic rings. The fourth-order valence-corrected chi connectivity index (χ4v) is 11.9. The minimum Gasteiger partial charge on any atom is -0.394 e. The van der Waals surface area contributed by atoms with Gasteiger partial charge in [-0.15, -0.1) is 0 Å². The van der Waals surface area contributed by atoms with E-state index < -0.39 is 66.6 Å². The molecule has 0 aromatic heterocycles. The summed E-state index contributed by atoms with van der Waals surface area (Å²) in [7, 11) is 0. The molecule has 0 unspecified atom stereocenters. The lowest BCUT2D eigenvalue weighted by atomic mass is 9.34. The SMILES string of the molecule is CC(C)=CCC[C@](C)(O)[C@H]1CC[C@]2(C)[C@H]1[C@H](O)C[C@@H]1[C@@]3(C)CC[C@H](O)C(C)(C)[C@@H]3[C@@H](O[C@@H]3O[C@H](CO)[C@@H](O)[C@H](O)[C@H]3O)C[C@]12C. The highest BCUT2D eigenvalue weighted by molar-refractivity contribution is 5.22. The molecule has 9 heteroatoms. The topological polar surface area (TPSA) is 160 Å². The van der Waals surface area contributed by atoms with Crippen LogP contribution in [0.3, 0.4) is 0 Å². The van der Waals surface area contributed by atoms with E-state index in [2.05, 4.69) is 54.5 Å². The Morgan fingerprint density at radius 3 is 2.22 bits per heavy atom. The third-order valence-corrected chi connectivity index (χ3v) is 14.4. The van der Waals surface area contributed by atoms with E-state index >= 15 is 0 Å². The largest absolute Gasteiger partial charge is 0.394 e. The minimum atomic E-state index is -1.54. The highest BCUT2D eigenvalue weighted by Gasteiger charge is 2.73. The number of hydrogen-bond acceptors (Lipinski definition) is 9. The van der Waals surface area contributed by atoms with E-state index in [9.17, 15) is 35.7 Å². The average Bonchev–Trinajstić information content (AvgIpc) is 3.33. The number of ether oxygens (including phenoxy) is 2. The van der Waals surface area contributed by atoms with Crippen molar-refractivity contribution in [2.75, 3.05) is 6.61 Å². The number of fused-ring (bicyclic) bond motifs is 5. The van der Waals surface area contributed by atoms with Crippen molar-refractivity contribution in [1.29, 1.82) is 0 Å². The monoisotopic (exact) mass is 638 g/mol. The molecule has 9 nitrogen and oxygen atoms in total. The van der Waals surface area contributed by atoms with Crippen LogP contribution in [0.4, 0.5) is 0 Å². The first kappa shape index (κ1) is 35.7. The zero-order chi connectivity index (χ0) is 33.5. The van der Waals surface area contributed by atoms with Crippen molar-refractivity contribution in [3.63, 3.8) is 0 Å². The van der Waals surface area contributed by atoms with Crippen LogP contribution in [0.25, 0.3) is 0 Å². The van der Waals surface area contributed by atoms with E-state index in [0.29, 0.717) is 25.7 Å². The summed E-state index contributed by atoms with van der Waals surface area (Å²) >= 11 is 0. The molecule has 0 amide bonds. The molecule has 4 aliphatic carbocycles. The van der Waals surface area contributed by atoms with Gasteiger partial charge in [0.1, 0.15) is 24.4 Å². The molecule has 0 aromatic rings. The Balaban J connectivity index is 1.54. The molecule has 1 saturated heterocycles. The van der Waals surface area contributed by atoms with Gasteiger partial charge in [-0.05, 0) is 117 Å². The van der Waals surface area contributed by atoms with Crippen LogP contribution in [0.2, 0.25) is 0 Å². The van der Waals surface area contributed by atoms with Gasteiger partial charge in [-0.2, -0.15) is 0 Å². The Hall–Kier alpha value is -0.620. The quantitative estimate of drug-likeness (QED) is 0.164. The van der Waals surface area contributed by atoms with Gasteiger partial charge in [0.2, 0.25) is 0 Å². The number of rotatable bonds is 7. The number of allylic oxidation sites excluding steroid dienone is 2. The fourth-order valence-electron chi connectivity index (χ4n) is 11.9. The van der Waals surface area contributed by atoms with Gasteiger partial charge in [-0.1, -0.05) is 46.3 Å². The van der Waals surface area contributed by atoms with Crippen molar-refractivity contribution >= 4 is 0 Å². The first-order chi connectivity index (χ1) is 20.8. The molecular weight excluding hydrogens is 576 g/mol. The number of aliphatic hydroxyl groups excluding tert-OH is 6. The van der Waals surface area contributed by atoms with Gasteiger partial charge in [0, 0.05) is 0 Å². The highest BCUT2D eigenvalue weighted by atomic mass is 16.7. The van der Waals surface area contributed by atoms with E-state index in [4.69, 9.17) is 9.47 Å². The van der Waals surface area contributed by atoms with Crippen LogP contribution in [0.5, 0.6) is 0 Å². The maximum atomic E-state index is 12.1. The van der Waals surface area contributed by atoms with Crippen LogP contribution in [-0.2, 0) is 9.47 Å². The summed E-state index contributed by atoms with van der Waals surface area (Å²) in [5.74, 6) is -0.186. The normalized spacial score (nSPS) is 52.2. The standard InChI is InChI=1S/C36H62O9/c1-19(2)10-9-13-36(8,43)20-11-15-34(6)26(20)21(38)16-24-33(5)14-12-25(39)32(3,4)30(33)22(17-35(24,34)7)44-31-29(42)28(41)27(40)23(18-37)45-31/h10,20-31,37-43H,9,11-18H2,1-8H3/t20-,21+,22-,23+,24+,25-,26+,27+,28-,29+,30-,31+,33+,34+,35+,36-/m0/s1. The molecule has 45 heavy (non-hydrogen) atoms. The summed E-state index contributed by atoms with van der Waals surface area (Å²) in [5.41, 5.74) is -1.21. The lowest BCUT2D eigenvalue weighted by Crippen LogP contribution is -2.71. The van der Waals surface area contributed by atoms with E-state index in [0.717, 1.165) is 25.7 Å². The van der Waals surface area contributed by atoms with Gasteiger partial charge in [-0.25, -0.2) is 0 Å². The molecule has 7 N–H and O–H groups in total. The number of hydrogen-bond donors (Lipinski definition) is 7. The maximum Gasteiger partial charge on any atom is 0.186 e. The third-order valence-electron chi connectivity index (χ3n) is 14.4. The Bertz CT molecular complexity index is 1100. The first-order valence-electron chi connectivity index (χ1n) is 17.4. The van der Waals surface area contributed by atoms with Crippen LogP contribution < -0.4 is 0 Å². The number of aliphatic hydroxyl groups is 7. The fraction of sp³-hybridized carbons (Fsp3) is 0.944. The second-order valence-corrected chi connectivity index (χ2v) is 17.5. The molecule has 1 aliphatic heterocycles. The van der Waals surface area contributed by atoms with E-state index in [-0.39, 0.29) is 39.9 Å². The van der Waals surface area contributed by atoms with E-state index in [1.165, 1.54) is 5.57 Å². The Morgan fingerprint density at radius 1 is 0.933 bits per heavy atom. The predicted octanol–water partition coefficient (Wildman–Crippen LogP) is 3.30. The van der Waals surface area contributed by atoms with Gasteiger partial charge < -0.3 is 45.2 Å². The van der Waals surface area contributed by atoms with E-state index in [1.54, 1.807) is 0 Å². The highest BCUT2D eigenvalue weighted by Crippen LogP contribution is 2.76. The molecule has 5 rings (SSSR count). The zero-order valence-corrected chi connectivity index (χ0v) is 28.8. The molecule has 0 radical (unpaired) electrons. The summed E-state index contributed by atoms with van der Waals surface area (Å²) < 4.78 is 12.6. The van der Waals surface area contributed by atoms with Crippen molar-refractivity contribution in [3.8, 4) is 0 Å². The maximum absolute atomic E-state index is 12.1. The van der Waals surface area contributed by atoms with Gasteiger partial charge in [-0.3, -0.25) is 0 Å². The molecule has 4 saturated carbocycles. The predicted molar refractivity (Wildman–Crippen MR) is 170 cm³/mol. The molecule has 260 valence electrons. The van der Waals surface area contributed by atoms with Gasteiger partial charge in [0.15, 0.2) is 6.29 Å². The lowest BCUT2D eigenvalue weighted by molar-refractivity contribution is -0.346. The summed E-state index contributed by atoms with van der Waals surface area (Å²) in [6, 6.07) is 0. The molecule has 5 fully saturated rings. The molecule has 0 spiro atoms. The van der Waals surface area contributed by atoms with E-state index in [1.807, 2.05) is 6.92 Å². The lowest BCUT2D eigenvalue weighted by Gasteiger charge is -2.72. The van der Waals surface area contributed by atoms with Gasteiger partial charge in [0.05, 0.1) is 30.5 Å². The summed E-state index contributed by atoms with van der Waals surface area (Å²) in [6.07, 6.45) is -0.603. The Kier molecular flexibility index (Phi) is 9.56. The molecule has 16 atom stereocenters. The minimum absolute atomic E-state index is 0.0548. The van der Waals surface area contributed by atoms with Crippen molar-refractivity contribution < 1.29 is 45.2 Å². The van der Waals surface area contributed by atoms with Crippen molar-refractivity contribution in [3.05, 3.63) is 11.6 Å². The smallest absolute Gasteiger partial charge is 0.186 e. The van der Waals surface area contributed by atoms with Crippen LogP contribution in [0.1, 0.15) is 107 Å². The summed E-state index contributed by atoms with van der Waals surface area (Å²) in [5, 5.41) is 77.2. The van der Waals surface area contributed by atoms with Crippen molar-refractivity contribution in [1.82, 2.24) is 0 Å². The second kappa shape index (κ2) is 12.1. The third kappa shape index (κ3) is 5.48. The molecular formula is C36H62O9. The summed E-state index contributed by atoms with van der Waals surface area (Å²) in [4.78, 5) is 0. The summed E-state index contributed by atoms with van der Waals surface area (Å²) in [6.45, 7) is 16.6. The average molecular weight is 639 g/mol. The zero-order valence-electron chi connectivity index (χ0n) is 28.8. The molecule has 0 aromatic carbocycles. The van der Waals surface area contributed by atoms with Crippen LogP contribution in [-0.4, -0.2) is 97.0 Å². The van der Waals surface area contributed by atoms with Crippen molar-refractivity contribution in [2.45, 2.75) is 161 Å². The van der Waals surface area contributed by atoms with Crippen LogP contribution in [0, 0.1) is 45.3 Å². The Morgan fingerprint density at radius 2 is 1.60 bits per heavy atom. The second-order valence-electron chi connectivity index (χ2n) is 17.5. The molecule has 1 heterocycles.